The molecule has 5 aliphatic heterocycles. The third kappa shape index (κ3) is 35.7. The van der Waals surface area contributed by atoms with Gasteiger partial charge in [-0.05, 0) is 54.0 Å². The first-order chi connectivity index (χ1) is 23.0. The molecule has 47 heavy (non-hydrogen) atoms. The minimum absolute atomic E-state index is 1.24. The van der Waals surface area contributed by atoms with Crippen LogP contribution in [0.1, 0.15) is 6.42 Å². The maximum absolute atomic E-state index is 2.47. The molecule has 0 saturated carbocycles. The minimum Gasteiger partial charge on any atom is -0.306 e. The summed E-state index contributed by atoms with van der Waals surface area (Å²) in [5.74, 6) is 23.9. The van der Waals surface area contributed by atoms with Crippen LogP contribution in [0.5, 0.6) is 0 Å². The zero-order valence-corrected chi connectivity index (χ0v) is 38.1. The van der Waals surface area contributed by atoms with E-state index in [4.69, 9.17) is 0 Å². The van der Waals surface area contributed by atoms with Gasteiger partial charge in [0, 0.05) is 150 Å². The summed E-state index contributed by atoms with van der Waals surface area (Å²) in [4.78, 5) is 12.0. The second-order valence-electron chi connectivity index (χ2n) is 12.1. The van der Waals surface area contributed by atoms with Crippen molar-refractivity contribution in [1.29, 1.82) is 0 Å². The summed E-state index contributed by atoms with van der Waals surface area (Å²) in [6.45, 7) is 11.5. The molecule has 5 fully saturated rings. The van der Waals surface area contributed by atoms with Crippen LogP contribution in [0.15, 0.2) is 0 Å². The Morgan fingerprint density at radius 1 is 0.234 bits per heavy atom. The standard InChI is InChI=1S/C11H23NS4.C7H15NS2.C6H13NS.C5H11NS.C4H9NS/c1-12-2-4-13-6-8-15-10-11-16-9-7-14-5-3-12;1-8-2-4-9-6-7-10-5-3-8;1-7-3-2-5-8-6-4-7;1-6-2-4-7-5-3-6;1-5-2-3-6-4-5/h2-11H2,1H3;2-7H2,1H3;2-6H2,1H3;2-5H2,1H3;2-4H2,1H3. The third-order valence-corrected chi connectivity index (χ3v) is 17.5. The van der Waals surface area contributed by atoms with Gasteiger partial charge in [-0.3, -0.25) is 4.90 Å². The van der Waals surface area contributed by atoms with E-state index in [0.717, 1.165) is 0 Å². The molecular formula is C33H71N5S9. The highest BCUT2D eigenvalue weighted by molar-refractivity contribution is 8.05. The Morgan fingerprint density at radius 2 is 0.468 bits per heavy atom. The number of nitrogens with zero attached hydrogens (tertiary/aromatic N) is 5. The molecule has 0 radical (unpaired) electrons. The second-order valence-corrected chi connectivity index (χ2v) is 23.0. The molecule has 5 heterocycles. The lowest BCUT2D eigenvalue weighted by molar-refractivity contribution is 0.362. The predicted octanol–water partition coefficient (Wildman–Crippen LogP) is 6.61. The van der Waals surface area contributed by atoms with Gasteiger partial charge in [0.05, 0.1) is 0 Å². The van der Waals surface area contributed by atoms with Crippen LogP contribution in [0.3, 0.4) is 0 Å². The number of thioether (sulfide) groups is 9. The van der Waals surface area contributed by atoms with Gasteiger partial charge in [0.15, 0.2) is 0 Å². The smallest absolute Gasteiger partial charge is 0.0442 e. The Bertz CT molecular complexity index is 601. The van der Waals surface area contributed by atoms with E-state index >= 15 is 0 Å². The number of hydrogen-bond acceptors (Lipinski definition) is 14. The topological polar surface area (TPSA) is 16.2 Å². The van der Waals surface area contributed by atoms with E-state index in [2.05, 4.69) is 154 Å². The van der Waals surface area contributed by atoms with Crippen molar-refractivity contribution >= 4 is 106 Å². The van der Waals surface area contributed by atoms with Gasteiger partial charge in [-0.25, -0.2) is 0 Å². The van der Waals surface area contributed by atoms with Crippen LogP contribution in [0.25, 0.3) is 0 Å². The van der Waals surface area contributed by atoms with Crippen molar-refractivity contribution in [1.82, 2.24) is 24.5 Å². The molecular weight excluding hydrogens is 755 g/mol. The molecule has 0 bridgehead atoms. The maximum Gasteiger partial charge on any atom is 0.0442 e. The summed E-state index contributed by atoms with van der Waals surface area (Å²) in [5, 5.41) is 0. The minimum atomic E-state index is 1.24. The molecule has 0 amide bonds. The SMILES string of the molecule is CN1CCCSCC1.CN1CCSC1.CN1CCSCC1.CN1CCSCCSCC1.CN1CCSCCSCCSCCSCC1. The van der Waals surface area contributed by atoms with Crippen molar-refractivity contribution in [3.05, 3.63) is 0 Å². The summed E-state index contributed by atoms with van der Waals surface area (Å²) in [5.41, 5.74) is 0. The van der Waals surface area contributed by atoms with E-state index in [1.807, 2.05) is 11.8 Å². The average molecular weight is 827 g/mol. The maximum atomic E-state index is 2.47. The number of rotatable bonds is 0. The van der Waals surface area contributed by atoms with E-state index in [-0.39, 0.29) is 0 Å². The summed E-state index contributed by atoms with van der Waals surface area (Å²) in [6, 6.07) is 0. The molecule has 5 rings (SSSR count). The monoisotopic (exact) mass is 825 g/mol. The summed E-state index contributed by atoms with van der Waals surface area (Å²) >= 11 is 18.8. The molecule has 5 aliphatic rings. The third-order valence-electron chi connectivity index (χ3n) is 7.57. The van der Waals surface area contributed by atoms with Crippen molar-refractivity contribution in [3.8, 4) is 0 Å². The molecule has 0 spiro atoms. The normalized spacial score (nSPS) is 25.0. The predicted molar refractivity (Wildman–Crippen MR) is 243 cm³/mol. The molecule has 0 aliphatic carbocycles. The molecule has 0 aromatic rings. The van der Waals surface area contributed by atoms with Crippen LogP contribution < -0.4 is 0 Å². The summed E-state index contributed by atoms with van der Waals surface area (Å²) < 4.78 is 0. The van der Waals surface area contributed by atoms with Gasteiger partial charge in [0.25, 0.3) is 0 Å². The second kappa shape index (κ2) is 37.3. The van der Waals surface area contributed by atoms with Gasteiger partial charge in [0.1, 0.15) is 0 Å². The van der Waals surface area contributed by atoms with E-state index in [1.165, 1.54) is 169 Å². The van der Waals surface area contributed by atoms with Gasteiger partial charge in [-0.2, -0.15) is 94.1 Å². The molecule has 0 aromatic heterocycles. The lowest BCUT2D eigenvalue weighted by Crippen LogP contribution is -2.28. The largest absolute Gasteiger partial charge is 0.306 e. The first kappa shape index (κ1) is 48.0. The van der Waals surface area contributed by atoms with Crippen molar-refractivity contribution in [2.75, 3.05) is 198 Å². The molecule has 5 saturated heterocycles. The van der Waals surface area contributed by atoms with Crippen LogP contribution in [0.2, 0.25) is 0 Å². The Kier molecular flexibility index (Phi) is 38.0. The molecule has 0 aromatic carbocycles. The van der Waals surface area contributed by atoms with Gasteiger partial charge < -0.3 is 19.6 Å². The Labute approximate surface area is 331 Å². The molecule has 0 N–H and O–H groups in total. The van der Waals surface area contributed by atoms with Gasteiger partial charge in [-0.1, -0.05) is 0 Å². The average Bonchev–Trinajstić information content (AvgIpc) is 3.48. The van der Waals surface area contributed by atoms with Crippen molar-refractivity contribution in [3.63, 3.8) is 0 Å². The molecule has 5 nitrogen and oxygen atoms in total. The Hall–Kier alpha value is 2.95. The van der Waals surface area contributed by atoms with E-state index < -0.39 is 0 Å². The summed E-state index contributed by atoms with van der Waals surface area (Å²) in [7, 11) is 11.0. The highest BCUT2D eigenvalue weighted by Gasteiger charge is 2.05. The van der Waals surface area contributed by atoms with Crippen LogP contribution in [-0.4, -0.2) is 222 Å². The first-order valence-electron chi connectivity index (χ1n) is 17.6. The zero-order chi connectivity index (χ0) is 34.0. The first-order valence-corrected chi connectivity index (χ1v) is 28.0. The van der Waals surface area contributed by atoms with Crippen molar-refractivity contribution in [2.24, 2.45) is 0 Å². The van der Waals surface area contributed by atoms with Gasteiger partial charge in [-0.15, -0.1) is 11.8 Å². The highest BCUT2D eigenvalue weighted by Crippen LogP contribution is 2.14. The summed E-state index contributed by atoms with van der Waals surface area (Å²) in [6.07, 6.45) is 1.38. The molecule has 282 valence electrons. The molecule has 14 heteroatoms. The zero-order valence-electron chi connectivity index (χ0n) is 30.7. The lowest BCUT2D eigenvalue weighted by atomic mass is 10.4. The van der Waals surface area contributed by atoms with Gasteiger partial charge >= 0.3 is 0 Å². The quantitative estimate of drug-likeness (QED) is 0.261. The van der Waals surface area contributed by atoms with Gasteiger partial charge in [0.2, 0.25) is 0 Å². The highest BCUT2D eigenvalue weighted by atomic mass is 32.2. The van der Waals surface area contributed by atoms with E-state index in [9.17, 15) is 0 Å². The van der Waals surface area contributed by atoms with Crippen LogP contribution >= 0.6 is 106 Å². The Balaban J connectivity index is 0.000000309. The fraction of sp³-hybridized carbons (Fsp3) is 1.00. The van der Waals surface area contributed by atoms with Crippen LogP contribution in [-0.2, 0) is 0 Å². The fourth-order valence-electron chi connectivity index (χ4n) is 4.22. The Morgan fingerprint density at radius 3 is 0.745 bits per heavy atom. The van der Waals surface area contributed by atoms with E-state index in [1.54, 1.807) is 0 Å². The van der Waals surface area contributed by atoms with Crippen LogP contribution in [0.4, 0.5) is 0 Å². The molecule has 0 atom stereocenters. The molecule has 0 unspecified atom stereocenters. The van der Waals surface area contributed by atoms with Crippen molar-refractivity contribution < 1.29 is 0 Å². The van der Waals surface area contributed by atoms with Crippen LogP contribution in [0, 0.1) is 0 Å². The van der Waals surface area contributed by atoms with E-state index in [0.29, 0.717) is 0 Å². The number of hydrogen-bond donors (Lipinski definition) is 0. The van der Waals surface area contributed by atoms with Crippen molar-refractivity contribution in [2.45, 2.75) is 6.42 Å². The fourth-order valence-corrected chi connectivity index (χ4v) is 14.1. The lowest BCUT2D eigenvalue weighted by Gasteiger charge is -2.20.